The summed E-state index contributed by atoms with van der Waals surface area (Å²) in [5, 5.41) is 0. The van der Waals surface area contributed by atoms with Crippen molar-refractivity contribution in [3.05, 3.63) is 12.2 Å². The number of urea groups is 1. The van der Waals surface area contributed by atoms with Crippen LogP contribution in [0.4, 0.5) is 4.79 Å². The van der Waals surface area contributed by atoms with Gasteiger partial charge in [-0.2, -0.15) is 0 Å². The number of carbonyl (C=O) groups excluding carboxylic acids is 3. The lowest BCUT2D eigenvalue weighted by Gasteiger charge is -2.37. The van der Waals surface area contributed by atoms with E-state index in [1.54, 1.807) is 12.0 Å². The van der Waals surface area contributed by atoms with Gasteiger partial charge in [-0.3, -0.25) is 14.5 Å². The van der Waals surface area contributed by atoms with Gasteiger partial charge in [0, 0.05) is 32.2 Å². The summed E-state index contributed by atoms with van der Waals surface area (Å²) in [5.41, 5.74) is 0. The Labute approximate surface area is 148 Å². The molecule has 1 atom stereocenters. The van der Waals surface area contributed by atoms with Crippen molar-refractivity contribution in [2.75, 3.05) is 39.9 Å². The Balaban J connectivity index is 1.52. The van der Waals surface area contributed by atoms with E-state index in [2.05, 4.69) is 12.2 Å². The minimum Gasteiger partial charge on any atom is -0.383 e. The number of hydrogen-bond donors (Lipinski definition) is 0. The van der Waals surface area contributed by atoms with Gasteiger partial charge in [-0.15, -0.1) is 0 Å². The molecule has 2 saturated heterocycles. The SMILES string of the molecule is COCCN1C(=O)CN(C2CCN(C(=O)C3CC=CCC3)CC2)C1=O. The Morgan fingerprint density at radius 2 is 1.96 bits per heavy atom. The normalized spacial score (nSPS) is 25.2. The molecular weight excluding hydrogens is 322 g/mol. The maximum absolute atomic E-state index is 12.6. The van der Waals surface area contributed by atoms with Gasteiger partial charge in [-0.05, 0) is 32.1 Å². The summed E-state index contributed by atoms with van der Waals surface area (Å²) >= 11 is 0. The number of rotatable bonds is 5. The van der Waals surface area contributed by atoms with E-state index < -0.39 is 0 Å². The molecule has 0 N–H and O–H groups in total. The van der Waals surface area contributed by atoms with Gasteiger partial charge in [0.1, 0.15) is 6.54 Å². The van der Waals surface area contributed by atoms with Crippen LogP contribution in [0.5, 0.6) is 0 Å². The third-order valence-electron chi connectivity index (χ3n) is 5.44. The summed E-state index contributed by atoms with van der Waals surface area (Å²) in [7, 11) is 1.55. The van der Waals surface area contributed by atoms with Gasteiger partial charge in [0.15, 0.2) is 0 Å². The molecule has 2 heterocycles. The second-order valence-corrected chi connectivity index (χ2v) is 6.99. The molecule has 0 spiro atoms. The lowest BCUT2D eigenvalue weighted by molar-refractivity contribution is -0.137. The number of piperidine rings is 1. The number of hydrogen-bond acceptors (Lipinski definition) is 4. The number of imide groups is 1. The van der Waals surface area contributed by atoms with Crippen LogP contribution >= 0.6 is 0 Å². The lowest BCUT2D eigenvalue weighted by Crippen LogP contribution is -2.49. The van der Waals surface area contributed by atoms with Crippen molar-refractivity contribution in [2.24, 2.45) is 5.92 Å². The van der Waals surface area contributed by atoms with Crippen LogP contribution in [0.3, 0.4) is 0 Å². The molecule has 0 aromatic carbocycles. The number of allylic oxidation sites excluding steroid dienone is 2. The van der Waals surface area contributed by atoms with Crippen molar-refractivity contribution in [3.8, 4) is 0 Å². The van der Waals surface area contributed by atoms with Crippen LogP contribution in [0, 0.1) is 5.92 Å². The molecule has 1 unspecified atom stereocenters. The summed E-state index contributed by atoms with van der Waals surface area (Å²) in [6.07, 6.45) is 8.48. The predicted molar refractivity (Wildman–Crippen MR) is 91.8 cm³/mol. The fraction of sp³-hybridized carbons (Fsp3) is 0.722. The summed E-state index contributed by atoms with van der Waals surface area (Å²) in [6.45, 7) is 2.14. The quantitative estimate of drug-likeness (QED) is 0.553. The molecule has 7 heteroatoms. The highest BCUT2D eigenvalue weighted by Crippen LogP contribution is 2.25. The molecule has 3 aliphatic rings. The molecule has 1 aliphatic carbocycles. The molecule has 4 amide bonds. The molecule has 2 aliphatic heterocycles. The zero-order valence-corrected chi connectivity index (χ0v) is 14.9. The number of methoxy groups -OCH3 is 1. The Hall–Kier alpha value is -1.89. The highest BCUT2D eigenvalue weighted by molar-refractivity contribution is 6.02. The molecule has 0 saturated carbocycles. The zero-order valence-electron chi connectivity index (χ0n) is 14.9. The summed E-state index contributed by atoms with van der Waals surface area (Å²) in [4.78, 5) is 42.0. The minimum atomic E-state index is -0.218. The average molecular weight is 349 g/mol. The van der Waals surface area contributed by atoms with E-state index in [4.69, 9.17) is 4.74 Å². The molecule has 0 bridgehead atoms. The van der Waals surface area contributed by atoms with Gasteiger partial charge in [0.2, 0.25) is 11.8 Å². The second kappa shape index (κ2) is 7.99. The standard InChI is InChI=1S/C18H27N3O4/c1-25-12-11-20-16(22)13-21(18(20)24)15-7-9-19(10-8-15)17(23)14-5-3-2-4-6-14/h2-3,14-15H,4-13H2,1H3. The van der Waals surface area contributed by atoms with Crippen LogP contribution in [0.15, 0.2) is 12.2 Å². The molecular formula is C18H27N3O4. The van der Waals surface area contributed by atoms with Crippen LogP contribution in [0.25, 0.3) is 0 Å². The zero-order chi connectivity index (χ0) is 17.8. The van der Waals surface area contributed by atoms with E-state index in [0.29, 0.717) is 26.2 Å². The first kappa shape index (κ1) is 17.9. The van der Waals surface area contributed by atoms with E-state index in [1.807, 2.05) is 4.90 Å². The number of amides is 4. The fourth-order valence-corrected chi connectivity index (χ4v) is 3.92. The molecule has 138 valence electrons. The second-order valence-electron chi connectivity index (χ2n) is 6.99. The minimum absolute atomic E-state index is 0.0410. The molecule has 7 nitrogen and oxygen atoms in total. The molecule has 0 aromatic heterocycles. The van der Waals surface area contributed by atoms with E-state index in [0.717, 1.165) is 32.1 Å². The first-order chi connectivity index (χ1) is 12.1. The topological polar surface area (TPSA) is 70.2 Å². The highest BCUT2D eigenvalue weighted by Gasteiger charge is 2.41. The smallest absolute Gasteiger partial charge is 0.327 e. The number of nitrogens with zero attached hydrogens (tertiary/aromatic N) is 3. The monoisotopic (exact) mass is 349 g/mol. The third kappa shape index (κ3) is 3.86. The Kier molecular flexibility index (Phi) is 5.73. The van der Waals surface area contributed by atoms with Crippen LogP contribution in [-0.2, 0) is 14.3 Å². The Morgan fingerprint density at radius 1 is 1.20 bits per heavy atom. The van der Waals surface area contributed by atoms with Gasteiger partial charge in [-0.25, -0.2) is 4.79 Å². The van der Waals surface area contributed by atoms with Crippen molar-refractivity contribution >= 4 is 17.8 Å². The average Bonchev–Trinajstić information content (AvgIpc) is 2.94. The van der Waals surface area contributed by atoms with E-state index in [-0.39, 0.29) is 36.3 Å². The summed E-state index contributed by atoms with van der Waals surface area (Å²) in [5.74, 6) is 0.198. The Morgan fingerprint density at radius 3 is 2.60 bits per heavy atom. The van der Waals surface area contributed by atoms with Crippen molar-refractivity contribution in [1.82, 2.24) is 14.7 Å². The first-order valence-corrected chi connectivity index (χ1v) is 9.15. The lowest BCUT2D eigenvalue weighted by atomic mass is 9.92. The van der Waals surface area contributed by atoms with Gasteiger partial charge >= 0.3 is 6.03 Å². The van der Waals surface area contributed by atoms with Gasteiger partial charge < -0.3 is 14.5 Å². The first-order valence-electron chi connectivity index (χ1n) is 9.15. The van der Waals surface area contributed by atoms with Crippen LogP contribution < -0.4 is 0 Å². The highest BCUT2D eigenvalue weighted by atomic mass is 16.5. The molecule has 0 aromatic rings. The van der Waals surface area contributed by atoms with E-state index in [9.17, 15) is 14.4 Å². The molecule has 25 heavy (non-hydrogen) atoms. The van der Waals surface area contributed by atoms with Crippen molar-refractivity contribution < 1.29 is 19.1 Å². The van der Waals surface area contributed by atoms with Crippen molar-refractivity contribution in [3.63, 3.8) is 0 Å². The van der Waals surface area contributed by atoms with Crippen molar-refractivity contribution in [2.45, 2.75) is 38.1 Å². The summed E-state index contributed by atoms with van der Waals surface area (Å²) < 4.78 is 4.97. The Bertz CT molecular complexity index is 555. The largest absolute Gasteiger partial charge is 0.383 e. The van der Waals surface area contributed by atoms with Crippen LogP contribution in [0.1, 0.15) is 32.1 Å². The maximum atomic E-state index is 12.6. The summed E-state index contributed by atoms with van der Waals surface area (Å²) in [6, 6.07) is -0.177. The number of likely N-dealkylation sites (tertiary alicyclic amines) is 1. The fourth-order valence-electron chi connectivity index (χ4n) is 3.92. The number of ether oxygens (including phenoxy) is 1. The van der Waals surface area contributed by atoms with Crippen LogP contribution in [0.2, 0.25) is 0 Å². The van der Waals surface area contributed by atoms with Gasteiger partial charge in [-0.1, -0.05) is 12.2 Å². The van der Waals surface area contributed by atoms with E-state index >= 15 is 0 Å². The van der Waals surface area contributed by atoms with Crippen molar-refractivity contribution in [1.29, 1.82) is 0 Å². The van der Waals surface area contributed by atoms with Gasteiger partial charge in [0.05, 0.1) is 13.2 Å². The van der Waals surface area contributed by atoms with Gasteiger partial charge in [0.25, 0.3) is 0 Å². The molecule has 2 fully saturated rings. The number of carbonyl (C=O) groups is 3. The predicted octanol–water partition coefficient (Wildman–Crippen LogP) is 1.24. The third-order valence-corrected chi connectivity index (χ3v) is 5.44. The molecule has 0 radical (unpaired) electrons. The maximum Gasteiger partial charge on any atom is 0.327 e. The van der Waals surface area contributed by atoms with Crippen LogP contribution in [-0.4, -0.2) is 78.5 Å². The molecule has 3 rings (SSSR count). The van der Waals surface area contributed by atoms with E-state index in [1.165, 1.54) is 4.90 Å².